The van der Waals surface area contributed by atoms with Crippen molar-refractivity contribution in [3.8, 4) is 0 Å². The molecule has 1 aromatic rings. The van der Waals surface area contributed by atoms with Gasteiger partial charge in [-0.2, -0.15) is 0 Å². The zero-order chi connectivity index (χ0) is 14.6. The highest BCUT2D eigenvalue weighted by Crippen LogP contribution is 2.37. The molecule has 2 rings (SSSR count). The molecule has 110 valence electrons. The van der Waals surface area contributed by atoms with Crippen LogP contribution < -0.4 is 5.32 Å². The minimum absolute atomic E-state index is 0.0633. The molecule has 1 saturated carbocycles. The third kappa shape index (κ3) is 3.63. The highest BCUT2D eigenvalue weighted by atomic mass is 79.9. The van der Waals surface area contributed by atoms with Crippen molar-refractivity contribution >= 4 is 21.8 Å². The van der Waals surface area contributed by atoms with E-state index in [1.165, 1.54) is 37.7 Å². The molecule has 0 saturated heterocycles. The third-order valence-electron chi connectivity index (χ3n) is 4.45. The van der Waals surface area contributed by atoms with Gasteiger partial charge in [0.25, 0.3) is 5.91 Å². The molecule has 1 fully saturated rings. The molecule has 0 radical (unpaired) electrons. The maximum atomic E-state index is 12.4. The Kier molecular flexibility index (Phi) is 5.25. The standard InChI is InChI=1S/C17H24BrNO/c1-13-6-7-15(14(2)10-13)16(20)19-12-17(11-18)8-4-3-5-9-17/h6-7,10H,3-5,8-9,11-12H2,1-2H3,(H,19,20). The maximum absolute atomic E-state index is 12.4. The minimum Gasteiger partial charge on any atom is -0.351 e. The number of carbonyl (C=O) groups is 1. The number of nitrogens with one attached hydrogen (secondary N) is 1. The Morgan fingerprint density at radius 3 is 2.55 bits per heavy atom. The molecule has 1 amide bonds. The molecule has 1 N–H and O–H groups in total. The largest absolute Gasteiger partial charge is 0.351 e. The van der Waals surface area contributed by atoms with Gasteiger partial charge >= 0.3 is 0 Å². The monoisotopic (exact) mass is 337 g/mol. The molecule has 0 aliphatic heterocycles. The zero-order valence-corrected chi connectivity index (χ0v) is 14.1. The van der Waals surface area contributed by atoms with Gasteiger partial charge in [0, 0.05) is 17.4 Å². The van der Waals surface area contributed by atoms with E-state index in [1.54, 1.807) is 0 Å². The van der Waals surface area contributed by atoms with Gasteiger partial charge in [-0.25, -0.2) is 0 Å². The van der Waals surface area contributed by atoms with Crippen molar-refractivity contribution in [1.82, 2.24) is 5.32 Å². The Morgan fingerprint density at radius 2 is 1.95 bits per heavy atom. The molecule has 0 heterocycles. The molecule has 0 unspecified atom stereocenters. The first-order chi connectivity index (χ1) is 9.56. The van der Waals surface area contributed by atoms with Crippen LogP contribution in [0.1, 0.15) is 53.6 Å². The molecule has 0 aromatic heterocycles. The van der Waals surface area contributed by atoms with Crippen molar-refractivity contribution in [2.45, 2.75) is 46.0 Å². The van der Waals surface area contributed by atoms with Crippen molar-refractivity contribution in [3.05, 3.63) is 34.9 Å². The molecule has 20 heavy (non-hydrogen) atoms. The second-order valence-corrected chi connectivity index (χ2v) is 6.76. The van der Waals surface area contributed by atoms with Crippen LogP contribution in [0.2, 0.25) is 0 Å². The number of rotatable bonds is 4. The van der Waals surface area contributed by atoms with Crippen molar-refractivity contribution in [3.63, 3.8) is 0 Å². The highest BCUT2D eigenvalue weighted by molar-refractivity contribution is 9.09. The molecular formula is C17H24BrNO. The van der Waals surface area contributed by atoms with Gasteiger partial charge in [-0.15, -0.1) is 0 Å². The summed E-state index contributed by atoms with van der Waals surface area (Å²) < 4.78 is 0. The van der Waals surface area contributed by atoms with Gasteiger partial charge in [0.15, 0.2) is 0 Å². The molecule has 2 nitrogen and oxygen atoms in total. The van der Waals surface area contributed by atoms with Gasteiger partial charge in [0.1, 0.15) is 0 Å². The maximum Gasteiger partial charge on any atom is 0.251 e. The van der Waals surface area contributed by atoms with Gasteiger partial charge in [0.2, 0.25) is 0 Å². The van der Waals surface area contributed by atoms with Gasteiger partial charge in [0.05, 0.1) is 0 Å². The van der Waals surface area contributed by atoms with Crippen molar-refractivity contribution in [1.29, 1.82) is 0 Å². The Hall–Kier alpha value is -0.830. The fraction of sp³-hybridized carbons (Fsp3) is 0.588. The van der Waals surface area contributed by atoms with Crippen molar-refractivity contribution in [2.24, 2.45) is 5.41 Å². The second-order valence-electron chi connectivity index (χ2n) is 6.20. The molecule has 0 spiro atoms. The summed E-state index contributed by atoms with van der Waals surface area (Å²) in [5, 5.41) is 4.13. The lowest BCUT2D eigenvalue weighted by atomic mass is 9.75. The minimum atomic E-state index is 0.0633. The lowest BCUT2D eigenvalue weighted by Crippen LogP contribution is -2.40. The second kappa shape index (κ2) is 6.75. The van der Waals surface area contributed by atoms with Crippen LogP contribution in [-0.2, 0) is 0 Å². The number of hydrogen-bond acceptors (Lipinski definition) is 1. The van der Waals surface area contributed by atoms with Crippen LogP contribution in [0, 0.1) is 19.3 Å². The van der Waals surface area contributed by atoms with E-state index >= 15 is 0 Å². The van der Waals surface area contributed by atoms with E-state index in [0.29, 0.717) is 0 Å². The number of benzene rings is 1. The number of aryl methyl sites for hydroxylation is 2. The highest BCUT2D eigenvalue weighted by Gasteiger charge is 2.31. The summed E-state index contributed by atoms with van der Waals surface area (Å²) in [6.45, 7) is 4.84. The number of amides is 1. The van der Waals surface area contributed by atoms with E-state index in [1.807, 2.05) is 19.1 Å². The fourth-order valence-electron chi connectivity index (χ4n) is 3.09. The van der Waals surface area contributed by atoms with Crippen LogP contribution in [0.4, 0.5) is 0 Å². The van der Waals surface area contributed by atoms with Crippen LogP contribution in [0.15, 0.2) is 18.2 Å². The first-order valence-corrected chi connectivity index (χ1v) is 8.60. The third-order valence-corrected chi connectivity index (χ3v) is 5.64. The van der Waals surface area contributed by atoms with E-state index in [4.69, 9.17) is 0 Å². The van der Waals surface area contributed by atoms with E-state index in [0.717, 1.165) is 23.0 Å². The molecule has 1 aliphatic carbocycles. The normalized spacial score (nSPS) is 17.8. The molecule has 0 bridgehead atoms. The Morgan fingerprint density at radius 1 is 1.25 bits per heavy atom. The smallest absolute Gasteiger partial charge is 0.251 e. The van der Waals surface area contributed by atoms with Crippen LogP contribution in [0.25, 0.3) is 0 Å². The fourth-order valence-corrected chi connectivity index (χ4v) is 3.85. The SMILES string of the molecule is Cc1ccc(C(=O)NCC2(CBr)CCCCC2)c(C)c1. The molecule has 0 atom stereocenters. The summed E-state index contributed by atoms with van der Waals surface area (Å²) in [5.41, 5.74) is 3.31. The summed E-state index contributed by atoms with van der Waals surface area (Å²) in [6.07, 6.45) is 6.33. The summed E-state index contributed by atoms with van der Waals surface area (Å²) in [4.78, 5) is 12.4. The Bertz CT molecular complexity index is 478. The average molecular weight is 338 g/mol. The van der Waals surface area contributed by atoms with Crippen LogP contribution >= 0.6 is 15.9 Å². The first-order valence-electron chi connectivity index (χ1n) is 7.48. The van der Waals surface area contributed by atoms with Gasteiger partial charge in [-0.1, -0.05) is 52.9 Å². The van der Waals surface area contributed by atoms with Crippen LogP contribution in [0.3, 0.4) is 0 Å². The first kappa shape index (κ1) is 15.6. The van der Waals surface area contributed by atoms with Gasteiger partial charge < -0.3 is 5.32 Å². The number of carbonyl (C=O) groups excluding carboxylic acids is 1. The van der Waals surface area contributed by atoms with Crippen molar-refractivity contribution < 1.29 is 4.79 Å². The predicted molar refractivity (Wildman–Crippen MR) is 87.6 cm³/mol. The van der Waals surface area contributed by atoms with E-state index in [2.05, 4.69) is 34.2 Å². The summed E-state index contributed by atoms with van der Waals surface area (Å²) in [7, 11) is 0. The van der Waals surface area contributed by atoms with E-state index in [-0.39, 0.29) is 11.3 Å². The van der Waals surface area contributed by atoms with Gasteiger partial charge in [-0.3, -0.25) is 4.79 Å². The summed E-state index contributed by atoms with van der Waals surface area (Å²) in [5.74, 6) is 0.0633. The van der Waals surface area contributed by atoms with E-state index < -0.39 is 0 Å². The lowest BCUT2D eigenvalue weighted by molar-refractivity contribution is 0.0921. The zero-order valence-electron chi connectivity index (χ0n) is 12.5. The van der Waals surface area contributed by atoms with Crippen LogP contribution in [0.5, 0.6) is 0 Å². The van der Waals surface area contributed by atoms with E-state index in [9.17, 15) is 4.79 Å². The average Bonchev–Trinajstić information content (AvgIpc) is 2.46. The summed E-state index contributed by atoms with van der Waals surface area (Å²) in [6, 6.07) is 6.00. The number of alkyl halides is 1. The predicted octanol–water partition coefficient (Wildman–Crippen LogP) is 4.38. The summed E-state index contributed by atoms with van der Waals surface area (Å²) >= 11 is 3.65. The molecular weight excluding hydrogens is 314 g/mol. The Labute approximate surface area is 130 Å². The quantitative estimate of drug-likeness (QED) is 0.811. The lowest BCUT2D eigenvalue weighted by Gasteiger charge is -2.35. The number of hydrogen-bond donors (Lipinski definition) is 1. The molecule has 3 heteroatoms. The number of halogens is 1. The molecule has 1 aliphatic rings. The topological polar surface area (TPSA) is 29.1 Å². The Balaban J connectivity index is 2.00. The van der Waals surface area contributed by atoms with Crippen LogP contribution in [-0.4, -0.2) is 17.8 Å². The van der Waals surface area contributed by atoms with Gasteiger partial charge in [-0.05, 0) is 43.7 Å². The molecule has 1 aromatic carbocycles. The van der Waals surface area contributed by atoms with Crippen molar-refractivity contribution in [2.75, 3.05) is 11.9 Å².